The van der Waals surface area contributed by atoms with Crippen LogP contribution in [0.25, 0.3) is 53.9 Å². The van der Waals surface area contributed by atoms with E-state index in [0.29, 0.717) is 64.2 Å². The summed E-state index contributed by atoms with van der Waals surface area (Å²) in [5, 5.41) is 11.5. The largest absolute Gasteiger partial charge is 0.303 e. The molecule has 0 saturated heterocycles. The molecule has 6 aromatic carbocycles. The van der Waals surface area contributed by atoms with Gasteiger partial charge in [-0.05, 0) is 114 Å². The number of aryl methyl sites for hydroxylation is 5. The summed E-state index contributed by atoms with van der Waals surface area (Å²) >= 11 is 0. The highest BCUT2D eigenvalue weighted by atomic mass is 16.1. The Morgan fingerprint density at radius 2 is 0.500 bits per heavy atom. The summed E-state index contributed by atoms with van der Waals surface area (Å²) in [7, 11) is 0. The van der Waals surface area contributed by atoms with Gasteiger partial charge < -0.3 is 24.0 Å². The lowest BCUT2D eigenvalue weighted by Gasteiger charge is -2.16. The second-order valence-corrected chi connectivity index (χ2v) is 10.8. The maximum atomic E-state index is 11.4. The third-order valence-corrected chi connectivity index (χ3v) is 8.58. The monoisotopic (exact) mass is 530 g/mol. The van der Waals surface area contributed by atoms with E-state index in [-0.39, 0.29) is 0 Å². The molecular formula is C35H30O5. The van der Waals surface area contributed by atoms with Gasteiger partial charge in [0, 0.05) is 32.1 Å². The van der Waals surface area contributed by atoms with Crippen LogP contribution in [0.2, 0.25) is 0 Å². The Bertz CT molecular complexity index is 1550. The fourth-order valence-electron chi connectivity index (χ4n) is 6.97. The van der Waals surface area contributed by atoms with E-state index in [9.17, 15) is 24.0 Å². The van der Waals surface area contributed by atoms with Crippen LogP contribution in [0.5, 0.6) is 0 Å². The fraction of sp³-hybridized carbons (Fsp3) is 0.286. The first-order valence-electron chi connectivity index (χ1n) is 14.1. The van der Waals surface area contributed by atoms with Crippen molar-refractivity contribution in [2.45, 2.75) is 64.2 Å². The Morgan fingerprint density at radius 1 is 0.325 bits per heavy atom. The zero-order valence-corrected chi connectivity index (χ0v) is 22.4. The van der Waals surface area contributed by atoms with Gasteiger partial charge in [0.15, 0.2) is 0 Å². The van der Waals surface area contributed by atoms with Crippen LogP contribution in [-0.4, -0.2) is 31.4 Å². The van der Waals surface area contributed by atoms with Crippen LogP contribution in [0.3, 0.4) is 0 Å². The SMILES string of the molecule is O=CCCc1cc2c(CCC=O)cc3c(CCC=O)cc4c(CCC=O)cc5c(CCC=O)cc1c1c5c4c3c21. The van der Waals surface area contributed by atoms with Crippen molar-refractivity contribution in [1.29, 1.82) is 0 Å². The third kappa shape index (κ3) is 3.95. The van der Waals surface area contributed by atoms with Crippen molar-refractivity contribution < 1.29 is 24.0 Å². The molecule has 0 heterocycles. The van der Waals surface area contributed by atoms with Gasteiger partial charge in [0.1, 0.15) is 31.4 Å². The lowest BCUT2D eigenvalue weighted by atomic mass is 9.88. The van der Waals surface area contributed by atoms with Crippen LogP contribution in [0, 0.1) is 0 Å². The van der Waals surface area contributed by atoms with Gasteiger partial charge in [0.25, 0.3) is 0 Å². The minimum atomic E-state index is 0.414. The first-order chi connectivity index (χ1) is 19.7. The zero-order valence-electron chi connectivity index (χ0n) is 22.4. The summed E-state index contributed by atoms with van der Waals surface area (Å²) < 4.78 is 0. The summed E-state index contributed by atoms with van der Waals surface area (Å²) in [6.07, 6.45) is 9.88. The summed E-state index contributed by atoms with van der Waals surface area (Å²) in [6.45, 7) is 0. The number of aldehydes is 5. The molecule has 0 spiro atoms. The molecule has 0 unspecified atom stereocenters. The molecule has 5 heteroatoms. The molecule has 0 atom stereocenters. The molecule has 0 N–H and O–H groups in total. The first-order valence-corrected chi connectivity index (χ1v) is 14.1. The van der Waals surface area contributed by atoms with E-state index in [0.717, 1.165) is 86.2 Å². The molecule has 6 rings (SSSR count). The van der Waals surface area contributed by atoms with Gasteiger partial charge in [-0.15, -0.1) is 0 Å². The molecule has 0 aromatic heterocycles. The number of benzene rings is 5. The molecule has 6 aromatic rings. The molecule has 0 amide bonds. The maximum absolute atomic E-state index is 11.4. The quantitative estimate of drug-likeness (QED) is 0.113. The standard InChI is InChI=1S/C35H30O5/c36-11-1-6-21-16-27-23(8-3-13-38)18-29-25(10-5-15-40)20-30-24(9-4-14-39)19-28-22(7-2-12-37)17-26(21)31-32(27)34(29)35(30)33(28)31/h11-20H,1-10H2. The van der Waals surface area contributed by atoms with Crippen LogP contribution < -0.4 is 0 Å². The molecule has 0 bridgehead atoms. The number of carbonyl (C=O) groups excluding carboxylic acids is 5. The minimum Gasteiger partial charge on any atom is -0.303 e. The van der Waals surface area contributed by atoms with E-state index in [1.807, 2.05) is 0 Å². The second-order valence-electron chi connectivity index (χ2n) is 10.8. The molecule has 40 heavy (non-hydrogen) atoms. The molecule has 0 fully saturated rings. The highest BCUT2D eigenvalue weighted by Gasteiger charge is 2.27. The summed E-state index contributed by atoms with van der Waals surface area (Å²) in [6, 6.07) is 11.0. The van der Waals surface area contributed by atoms with Crippen molar-refractivity contribution in [3.63, 3.8) is 0 Å². The fourth-order valence-corrected chi connectivity index (χ4v) is 6.97. The molecule has 0 radical (unpaired) electrons. The van der Waals surface area contributed by atoms with Crippen LogP contribution in [0.1, 0.15) is 59.9 Å². The van der Waals surface area contributed by atoms with E-state index >= 15 is 0 Å². The van der Waals surface area contributed by atoms with Crippen molar-refractivity contribution >= 4 is 85.3 Å². The van der Waals surface area contributed by atoms with Crippen LogP contribution in [0.15, 0.2) is 30.3 Å². The van der Waals surface area contributed by atoms with Gasteiger partial charge in [-0.25, -0.2) is 0 Å². The predicted octanol–water partition coefficient (Wildman–Crippen LogP) is 6.42. The smallest absolute Gasteiger partial charge is 0.120 e. The Balaban J connectivity index is 1.86. The summed E-state index contributed by atoms with van der Waals surface area (Å²) in [4.78, 5) is 57.1. The van der Waals surface area contributed by atoms with E-state index < -0.39 is 0 Å². The molecule has 0 saturated carbocycles. The minimum absolute atomic E-state index is 0.414. The van der Waals surface area contributed by atoms with E-state index in [2.05, 4.69) is 30.3 Å². The van der Waals surface area contributed by atoms with Crippen LogP contribution in [-0.2, 0) is 56.1 Å². The highest BCUT2D eigenvalue weighted by Crippen LogP contribution is 2.52. The predicted molar refractivity (Wildman–Crippen MR) is 159 cm³/mol. The molecule has 0 aliphatic rings. The number of hydrogen-bond donors (Lipinski definition) is 0. The van der Waals surface area contributed by atoms with Gasteiger partial charge in [-0.3, -0.25) is 0 Å². The maximum Gasteiger partial charge on any atom is 0.120 e. The Hall–Kier alpha value is -4.25. The molecule has 0 aliphatic heterocycles. The van der Waals surface area contributed by atoms with Crippen LogP contribution in [0.4, 0.5) is 0 Å². The van der Waals surface area contributed by atoms with Crippen molar-refractivity contribution in [1.82, 2.24) is 0 Å². The zero-order chi connectivity index (χ0) is 27.8. The Kier molecular flexibility index (Phi) is 6.97. The number of carbonyl (C=O) groups is 5. The highest BCUT2D eigenvalue weighted by molar-refractivity contribution is 6.45. The molecule has 200 valence electrons. The van der Waals surface area contributed by atoms with E-state index in [1.54, 1.807) is 0 Å². The third-order valence-electron chi connectivity index (χ3n) is 8.58. The molecule has 5 nitrogen and oxygen atoms in total. The first kappa shape index (κ1) is 26.0. The average molecular weight is 531 g/mol. The lowest BCUT2D eigenvalue weighted by molar-refractivity contribution is -0.108. The Labute approximate surface area is 231 Å². The number of hydrogen-bond acceptors (Lipinski definition) is 5. The van der Waals surface area contributed by atoms with Gasteiger partial charge in [0.2, 0.25) is 0 Å². The molecule has 0 aliphatic carbocycles. The normalized spacial score (nSPS) is 12.0. The summed E-state index contributed by atoms with van der Waals surface area (Å²) in [5.41, 5.74) is 5.50. The lowest BCUT2D eigenvalue weighted by Crippen LogP contribution is -1.96. The van der Waals surface area contributed by atoms with Gasteiger partial charge >= 0.3 is 0 Å². The van der Waals surface area contributed by atoms with E-state index in [1.165, 1.54) is 26.9 Å². The van der Waals surface area contributed by atoms with Crippen LogP contribution >= 0.6 is 0 Å². The van der Waals surface area contributed by atoms with Gasteiger partial charge in [-0.2, -0.15) is 0 Å². The van der Waals surface area contributed by atoms with Crippen molar-refractivity contribution in [3.05, 3.63) is 58.1 Å². The van der Waals surface area contributed by atoms with Gasteiger partial charge in [-0.1, -0.05) is 30.3 Å². The summed E-state index contributed by atoms with van der Waals surface area (Å²) in [5.74, 6) is 0. The average Bonchev–Trinajstić information content (AvgIpc) is 3.34. The second kappa shape index (κ2) is 10.7. The molecular weight excluding hydrogens is 500 g/mol. The Morgan fingerprint density at radius 3 is 0.650 bits per heavy atom. The van der Waals surface area contributed by atoms with Crippen molar-refractivity contribution in [3.8, 4) is 0 Å². The number of rotatable bonds is 15. The van der Waals surface area contributed by atoms with Crippen molar-refractivity contribution in [2.75, 3.05) is 0 Å². The topological polar surface area (TPSA) is 85.3 Å². The van der Waals surface area contributed by atoms with E-state index in [4.69, 9.17) is 0 Å². The van der Waals surface area contributed by atoms with Gasteiger partial charge in [0.05, 0.1) is 0 Å². The van der Waals surface area contributed by atoms with Crippen molar-refractivity contribution in [2.24, 2.45) is 0 Å².